The first-order valence-electron chi connectivity index (χ1n) is 8.23. The Hall–Kier alpha value is -2.89. The van der Waals surface area contributed by atoms with Gasteiger partial charge in [-0.05, 0) is 56.2 Å². The maximum absolute atomic E-state index is 12.9. The summed E-state index contributed by atoms with van der Waals surface area (Å²) < 4.78 is 18.2. The highest BCUT2D eigenvalue weighted by atomic mass is 19.1. The summed E-state index contributed by atoms with van der Waals surface area (Å²) in [5.41, 5.74) is 0.919. The van der Waals surface area contributed by atoms with Crippen LogP contribution in [0.5, 0.6) is 5.75 Å². The Bertz CT molecular complexity index is 801. The van der Waals surface area contributed by atoms with Crippen molar-refractivity contribution in [3.8, 4) is 5.75 Å². The van der Waals surface area contributed by atoms with Crippen molar-refractivity contribution in [2.45, 2.75) is 27.3 Å². The van der Waals surface area contributed by atoms with Crippen LogP contribution in [0.25, 0.3) is 0 Å². The quantitative estimate of drug-likeness (QED) is 0.778. The second-order valence-electron chi connectivity index (χ2n) is 6.59. The van der Waals surface area contributed by atoms with E-state index in [1.165, 1.54) is 19.2 Å². The first-order valence-corrected chi connectivity index (χ1v) is 8.23. The predicted molar refractivity (Wildman–Crippen MR) is 98.4 cm³/mol. The van der Waals surface area contributed by atoms with Crippen LogP contribution in [0.15, 0.2) is 42.5 Å². The van der Waals surface area contributed by atoms with Crippen molar-refractivity contribution in [3.05, 3.63) is 59.4 Å². The molecule has 2 N–H and O–H groups in total. The van der Waals surface area contributed by atoms with E-state index in [9.17, 15) is 14.0 Å². The SMILES string of the molecule is COc1ccc(C)cc1NC(=O)C(C)(C)C(=O)NCc1ccc(F)cc1. The van der Waals surface area contributed by atoms with Gasteiger partial charge in [0.15, 0.2) is 0 Å². The number of rotatable bonds is 6. The zero-order chi connectivity index (χ0) is 19.3. The van der Waals surface area contributed by atoms with E-state index in [-0.39, 0.29) is 12.4 Å². The van der Waals surface area contributed by atoms with E-state index in [4.69, 9.17) is 4.74 Å². The number of methoxy groups -OCH3 is 1. The van der Waals surface area contributed by atoms with Crippen LogP contribution in [0.3, 0.4) is 0 Å². The molecular formula is C20H23FN2O3. The minimum Gasteiger partial charge on any atom is -0.495 e. The normalized spacial score (nSPS) is 11.0. The fourth-order valence-corrected chi connectivity index (χ4v) is 2.31. The van der Waals surface area contributed by atoms with E-state index in [2.05, 4.69) is 10.6 Å². The zero-order valence-corrected chi connectivity index (χ0v) is 15.4. The number of carbonyl (C=O) groups is 2. The smallest absolute Gasteiger partial charge is 0.239 e. The highest BCUT2D eigenvalue weighted by molar-refractivity contribution is 6.10. The van der Waals surface area contributed by atoms with Gasteiger partial charge < -0.3 is 15.4 Å². The van der Waals surface area contributed by atoms with Crippen molar-refractivity contribution in [2.75, 3.05) is 12.4 Å². The van der Waals surface area contributed by atoms with Gasteiger partial charge in [0.1, 0.15) is 17.0 Å². The molecule has 6 heteroatoms. The molecule has 0 heterocycles. The van der Waals surface area contributed by atoms with Gasteiger partial charge in [0.2, 0.25) is 11.8 Å². The fourth-order valence-electron chi connectivity index (χ4n) is 2.31. The van der Waals surface area contributed by atoms with Crippen LogP contribution in [-0.4, -0.2) is 18.9 Å². The topological polar surface area (TPSA) is 67.4 Å². The lowest BCUT2D eigenvalue weighted by molar-refractivity contribution is -0.138. The van der Waals surface area contributed by atoms with Gasteiger partial charge in [-0.15, -0.1) is 0 Å². The Balaban J connectivity index is 2.05. The van der Waals surface area contributed by atoms with E-state index in [0.717, 1.165) is 11.1 Å². The van der Waals surface area contributed by atoms with Gasteiger partial charge in [-0.2, -0.15) is 0 Å². The first kappa shape index (κ1) is 19.4. The minimum atomic E-state index is -1.30. The van der Waals surface area contributed by atoms with Crippen LogP contribution < -0.4 is 15.4 Å². The van der Waals surface area contributed by atoms with Crippen molar-refractivity contribution in [1.29, 1.82) is 0 Å². The number of carbonyl (C=O) groups excluding carboxylic acids is 2. The Morgan fingerprint density at radius 2 is 1.73 bits per heavy atom. The summed E-state index contributed by atoms with van der Waals surface area (Å²) >= 11 is 0. The molecule has 0 spiro atoms. The minimum absolute atomic E-state index is 0.212. The lowest BCUT2D eigenvalue weighted by Gasteiger charge is -2.23. The molecule has 0 saturated heterocycles. The number of hydrogen-bond acceptors (Lipinski definition) is 3. The molecule has 2 rings (SSSR count). The molecule has 5 nitrogen and oxygen atoms in total. The standard InChI is InChI=1S/C20H23FN2O3/c1-13-5-10-17(26-4)16(11-13)23-19(25)20(2,3)18(24)22-12-14-6-8-15(21)9-7-14/h5-11H,12H2,1-4H3,(H,22,24)(H,23,25). The molecule has 0 radical (unpaired) electrons. The number of nitrogens with one attached hydrogen (secondary N) is 2. The maximum Gasteiger partial charge on any atom is 0.239 e. The second-order valence-corrected chi connectivity index (χ2v) is 6.59. The highest BCUT2D eigenvalue weighted by Gasteiger charge is 2.36. The molecule has 0 bridgehead atoms. The molecule has 0 saturated carbocycles. The fraction of sp³-hybridized carbons (Fsp3) is 0.300. The number of ether oxygens (including phenoxy) is 1. The average Bonchev–Trinajstić information content (AvgIpc) is 2.61. The van der Waals surface area contributed by atoms with Crippen LogP contribution in [0.1, 0.15) is 25.0 Å². The van der Waals surface area contributed by atoms with Gasteiger partial charge in [0.05, 0.1) is 12.8 Å². The summed E-state index contributed by atoms with van der Waals surface area (Å²) in [6.45, 7) is 5.20. The average molecular weight is 358 g/mol. The summed E-state index contributed by atoms with van der Waals surface area (Å²) in [7, 11) is 1.51. The predicted octanol–water partition coefficient (Wildman–Crippen LogP) is 3.42. The number of benzene rings is 2. The van der Waals surface area contributed by atoms with E-state index >= 15 is 0 Å². The third-order valence-corrected chi connectivity index (χ3v) is 4.10. The number of anilines is 1. The van der Waals surface area contributed by atoms with Crippen LogP contribution >= 0.6 is 0 Å². The summed E-state index contributed by atoms with van der Waals surface area (Å²) in [5.74, 6) is -0.692. The maximum atomic E-state index is 12.9. The Morgan fingerprint density at radius 3 is 2.35 bits per heavy atom. The number of hydrogen-bond donors (Lipinski definition) is 2. The Morgan fingerprint density at radius 1 is 1.08 bits per heavy atom. The molecule has 0 atom stereocenters. The summed E-state index contributed by atoms with van der Waals surface area (Å²) in [4.78, 5) is 25.1. The second kappa shape index (κ2) is 7.99. The van der Waals surface area contributed by atoms with Gasteiger partial charge in [-0.1, -0.05) is 18.2 Å². The molecule has 0 aliphatic carbocycles. The van der Waals surface area contributed by atoms with Crippen LogP contribution in [-0.2, 0) is 16.1 Å². The third kappa shape index (κ3) is 4.59. The molecule has 2 aromatic carbocycles. The zero-order valence-electron chi connectivity index (χ0n) is 15.4. The molecule has 2 aromatic rings. The van der Waals surface area contributed by atoms with Crippen molar-refractivity contribution in [1.82, 2.24) is 5.32 Å². The molecule has 0 aromatic heterocycles. The molecular weight excluding hydrogens is 335 g/mol. The monoisotopic (exact) mass is 358 g/mol. The number of aryl methyl sites for hydroxylation is 1. The summed E-state index contributed by atoms with van der Waals surface area (Å²) in [6, 6.07) is 11.2. The van der Waals surface area contributed by atoms with Gasteiger partial charge in [-0.3, -0.25) is 9.59 Å². The summed E-state index contributed by atoms with van der Waals surface area (Å²) in [5, 5.41) is 5.47. The van der Waals surface area contributed by atoms with E-state index in [1.807, 2.05) is 13.0 Å². The van der Waals surface area contributed by atoms with Gasteiger partial charge >= 0.3 is 0 Å². The van der Waals surface area contributed by atoms with Crippen molar-refractivity contribution < 1.29 is 18.7 Å². The highest BCUT2D eigenvalue weighted by Crippen LogP contribution is 2.27. The van der Waals surface area contributed by atoms with E-state index in [0.29, 0.717) is 11.4 Å². The molecule has 0 fully saturated rings. The molecule has 0 aliphatic rings. The van der Waals surface area contributed by atoms with Gasteiger partial charge in [-0.25, -0.2) is 4.39 Å². The Labute approximate surface area is 152 Å². The van der Waals surface area contributed by atoms with E-state index in [1.54, 1.807) is 38.1 Å². The van der Waals surface area contributed by atoms with Gasteiger partial charge in [0.25, 0.3) is 0 Å². The van der Waals surface area contributed by atoms with Crippen LogP contribution in [0.4, 0.5) is 10.1 Å². The lowest BCUT2D eigenvalue weighted by atomic mass is 9.90. The largest absolute Gasteiger partial charge is 0.495 e. The molecule has 138 valence electrons. The van der Waals surface area contributed by atoms with Gasteiger partial charge in [0, 0.05) is 6.54 Å². The van der Waals surface area contributed by atoms with E-state index < -0.39 is 17.2 Å². The lowest BCUT2D eigenvalue weighted by Crippen LogP contribution is -2.44. The first-order chi connectivity index (χ1) is 12.2. The Kier molecular flexibility index (Phi) is 5.97. The molecule has 26 heavy (non-hydrogen) atoms. The number of halogens is 1. The molecule has 0 aliphatic heterocycles. The number of amides is 2. The molecule has 2 amide bonds. The van der Waals surface area contributed by atoms with Crippen molar-refractivity contribution in [2.24, 2.45) is 5.41 Å². The van der Waals surface area contributed by atoms with Crippen LogP contribution in [0.2, 0.25) is 0 Å². The third-order valence-electron chi connectivity index (χ3n) is 4.10. The van der Waals surface area contributed by atoms with Crippen molar-refractivity contribution in [3.63, 3.8) is 0 Å². The van der Waals surface area contributed by atoms with Crippen molar-refractivity contribution >= 4 is 17.5 Å². The molecule has 0 unspecified atom stereocenters. The summed E-state index contributed by atoms with van der Waals surface area (Å²) in [6.07, 6.45) is 0. The van der Waals surface area contributed by atoms with Crippen LogP contribution in [0, 0.1) is 18.2 Å².